The predicted molar refractivity (Wildman–Crippen MR) is 74.3 cm³/mol. The van der Waals surface area contributed by atoms with Crippen molar-refractivity contribution >= 4 is 22.9 Å². The molecular weight excluding hydrogens is 254 g/mol. The molecule has 1 aromatic heterocycles. The number of nitrogens with one attached hydrogen (secondary N) is 1. The molecule has 1 fully saturated rings. The molecule has 0 aromatic carbocycles. The van der Waals surface area contributed by atoms with E-state index in [9.17, 15) is 0 Å². The van der Waals surface area contributed by atoms with Gasteiger partial charge in [-0.2, -0.15) is 0 Å². The Hall–Kier alpha value is -0.130. The summed E-state index contributed by atoms with van der Waals surface area (Å²) in [6, 6.07) is 2.01. The van der Waals surface area contributed by atoms with Crippen LogP contribution in [-0.2, 0) is 0 Å². The maximum absolute atomic E-state index is 6.22. The van der Waals surface area contributed by atoms with Crippen LogP contribution >= 0.6 is 22.9 Å². The van der Waals surface area contributed by atoms with E-state index in [0.717, 1.165) is 23.0 Å². The quantitative estimate of drug-likeness (QED) is 0.655. The highest BCUT2D eigenvalue weighted by molar-refractivity contribution is 7.10. The van der Waals surface area contributed by atoms with Crippen molar-refractivity contribution in [3.8, 4) is 0 Å². The molecule has 2 heterocycles. The fourth-order valence-electron chi connectivity index (χ4n) is 2.59. The lowest BCUT2D eigenvalue weighted by molar-refractivity contribution is 0.108. The smallest absolute Gasteiger partial charge is 0.0746 e. The van der Waals surface area contributed by atoms with E-state index in [-0.39, 0.29) is 11.6 Å². The van der Waals surface area contributed by atoms with E-state index >= 15 is 0 Å². The molecule has 0 bridgehead atoms. The van der Waals surface area contributed by atoms with Gasteiger partial charge in [0.1, 0.15) is 0 Å². The average Bonchev–Trinajstić information content (AvgIpc) is 2.91. The Bertz CT molecular complexity index is 372. The molecule has 1 aliphatic heterocycles. The maximum atomic E-state index is 6.22. The Kier molecular flexibility index (Phi) is 4.10. The lowest BCUT2D eigenvalue weighted by atomic mass is 9.92. The lowest BCUT2D eigenvalue weighted by Gasteiger charge is -2.41. The first-order valence-corrected chi connectivity index (χ1v) is 7.27. The summed E-state index contributed by atoms with van der Waals surface area (Å²) in [4.78, 5) is 3.62. The molecule has 2 rings (SSSR count). The number of hydrazine groups is 1. The lowest BCUT2D eigenvalue weighted by Crippen LogP contribution is -2.53. The first-order valence-electron chi connectivity index (χ1n) is 6.01. The van der Waals surface area contributed by atoms with Crippen LogP contribution in [0.3, 0.4) is 0 Å². The van der Waals surface area contributed by atoms with Crippen LogP contribution < -0.4 is 11.3 Å². The van der Waals surface area contributed by atoms with Gasteiger partial charge in [0.2, 0.25) is 0 Å². The molecule has 3 N–H and O–H groups in total. The fraction of sp³-hybridized carbons (Fsp3) is 0.667. The van der Waals surface area contributed by atoms with Crippen molar-refractivity contribution in [2.24, 2.45) is 5.84 Å². The van der Waals surface area contributed by atoms with Gasteiger partial charge in [0.15, 0.2) is 0 Å². The van der Waals surface area contributed by atoms with Gasteiger partial charge in [-0.1, -0.05) is 11.6 Å². The molecule has 0 saturated carbocycles. The average molecular weight is 274 g/mol. The number of rotatable bonds is 4. The Balaban J connectivity index is 2.25. The summed E-state index contributed by atoms with van der Waals surface area (Å²) in [7, 11) is 0. The van der Waals surface area contributed by atoms with Gasteiger partial charge in [-0.15, -0.1) is 11.3 Å². The Labute approximate surface area is 112 Å². The van der Waals surface area contributed by atoms with Gasteiger partial charge in [-0.25, -0.2) is 0 Å². The van der Waals surface area contributed by atoms with E-state index < -0.39 is 0 Å². The number of halogens is 1. The van der Waals surface area contributed by atoms with E-state index in [2.05, 4.69) is 24.2 Å². The monoisotopic (exact) mass is 273 g/mol. The van der Waals surface area contributed by atoms with Gasteiger partial charge < -0.3 is 0 Å². The van der Waals surface area contributed by atoms with E-state index in [1.807, 2.05) is 11.4 Å². The molecule has 17 heavy (non-hydrogen) atoms. The number of nitrogens with two attached hydrogens (primary N) is 1. The van der Waals surface area contributed by atoms with E-state index in [0.29, 0.717) is 0 Å². The number of likely N-dealkylation sites (tertiary alicyclic amines) is 1. The van der Waals surface area contributed by atoms with Crippen LogP contribution in [0, 0.1) is 0 Å². The van der Waals surface area contributed by atoms with Crippen LogP contribution in [0.1, 0.15) is 37.6 Å². The number of hydrogen-bond acceptors (Lipinski definition) is 4. The molecule has 1 aliphatic rings. The molecule has 3 nitrogen and oxygen atoms in total. The highest BCUT2D eigenvalue weighted by Gasteiger charge is 2.38. The highest BCUT2D eigenvalue weighted by Crippen LogP contribution is 2.38. The second-order valence-corrected chi connectivity index (χ2v) is 6.44. The molecular formula is C12H20ClN3S. The third-order valence-corrected chi connectivity index (χ3v) is 5.12. The summed E-state index contributed by atoms with van der Waals surface area (Å²) in [6.07, 6.45) is 2.55. The third kappa shape index (κ3) is 2.51. The van der Waals surface area contributed by atoms with Gasteiger partial charge in [0.05, 0.1) is 11.1 Å². The summed E-state index contributed by atoms with van der Waals surface area (Å²) in [5, 5.41) is 2.83. The van der Waals surface area contributed by atoms with Crippen molar-refractivity contribution < 1.29 is 0 Å². The van der Waals surface area contributed by atoms with Crippen molar-refractivity contribution in [3.63, 3.8) is 0 Å². The third-order valence-electron chi connectivity index (χ3n) is 3.70. The van der Waals surface area contributed by atoms with Gasteiger partial charge in [0.25, 0.3) is 0 Å². The van der Waals surface area contributed by atoms with Crippen LogP contribution in [-0.4, -0.2) is 23.5 Å². The standard InChI is InChI=1S/C12H20ClN3S/c1-12(2,16-6-3-4-7-16)11(15-14)10-9(13)5-8-17-10/h5,8,11,15H,3-4,6-7,14H2,1-2H3. The predicted octanol–water partition coefficient (Wildman–Crippen LogP) is 2.78. The van der Waals surface area contributed by atoms with Gasteiger partial charge in [-0.3, -0.25) is 16.2 Å². The molecule has 0 spiro atoms. The summed E-state index contributed by atoms with van der Waals surface area (Å²) in [5.41, 5.74) is 2.93. The SMILES string of the molecule is CC(C)(C(NN)c1sccc1Cl)N1CCCC1. The zero-order valence-corrected chi connectivity index (χ0v) is 11.9. The molecule has 1 aromatic rings. The molecule has 1 unspecified atom stereocenters. The minimum atomic E-state index is -0.0141. The topological polar surface area (TPSA) is 41.3 Å². The summed E-state index contributed by atoms with van der Waals surface area (Å²) >= 11 is 7.89. The Morgan fingerprint density at radius 1 is 1.47 bits per heavy atom. The molecule has 0 aliphatic carbocycles. The number of nitrogens with zero attached hydrogens (tertiary/aromatic N) is 1. The van der Waals surface area contributed by atoms with E-state index in [1.54, 1.807) is 11.3 Å². The number of hydrogen-bond donors (Lipinski definition) is 2. The van der Waals surface area contributed by atoms with Gasteiger partial charge in [-0.05, 0) is 51.2 Å². The highest BCUT2D eigenvalue weighted by atomic mass is 35.5. The zero-order valence-electron chi connectivity index (χ0n) is 10.4. The summed E-state index contributed by atoms with van der Waals surface area (Å²) < 4.78 is 0. The van der Waals surface area contributed by atoms with Gasteiger partial charge >= 0.3 is 0 Å². The van der Waals surface area contributed by atoms with Gasteiger partial charge in [0, 0.05) is 10.4 Å². The molecule has 96 valence electrons. The normalized spacial score (nSPS) is 19.8. The minimum absolute atomic E-state index is 0.0141. The summed E-state index contributed by atoms with van der Waals surface area (Å²) in [5.74, 6) is 5.76. The van der Waals surface area contributed by atoms with Crippen LogP contribution in [0.4, 0.5) is 0 Å². The first-order chi connectivity index (χ1) is 8.07. The van der Waals surface area contributed by atoms with Crippen LogP contribution in [0.5, 0.6) is 0 Å². The van der Waals surface area contributed by atoms with Crippen LogP contribution in [0.25, 0.3) is 0 Å². The van der Waals surface area contributed by atoms with E-state index in [1.165, 1.54) is 12.8 Å². The fourth-order valence-corrected chi connectivity index (χ4v) is 3.99. The Morgan fingerprint density at radius 3 is 2.59 bits per heavy atom. The minimum Gasteiger partial charge on any atom is -0.296 e. The van der Waals surface area contributed by atoms with Crippen molar-refractivity contribution in [3.05, 3.63) is 21.3 Å². The second-order valence-electron chi connectivity index (χ2n) is 5.08. The largest absolute Gasteiger partial charge is 0.296 e. The molecule has 1 saturated heterocycles. The summed E-state index contributed by atoms with van der Waals surface area (Å²) in [6.45, 7) is 6.76. The molecule has 0 amide bonds. The Morgan fingerprint density at radius 2 is 2.12 bits per heavy atom. The zero-order chi connectivity index (χ0) is 12.5. The van der Waals surface area contributed by atoms with Crippen molar-refractivity contribution in [2.45, 2.75) is 38.3 Å². The van der Waals surface area contributed by atoms with Crippen molar-refractivity contribution in [2.75, 3.05) is 13.1 Å². The molecule has 0 radical (unpaired) electrons. The van der Waals surface area contributed by atoms with E-state index in [4.69, 9.17) is 17.4 Å². The van der Waals surface area contributed by atoms with Crippen LogP contribution in [0.2, 0.25) is 5.02 Å². The number of thiophene rings is 1. The first kappa shape index (κ1) is 13.3. The molecule has 5 heteroatoms. The van der Waals surface area contributed by atoms with Crippen LogP contribution in [0.15, 0.2) is 11.4 Å². The molecule has 1 atom stereocenters. The second kappa shape index (κ2) is 5.24. The van der Waals surface area contributed by atoms with Crippen molar-refractivity contribution in [1.29, 1.82) is 0 Å². The maximum Gasteiger partial charge on any atom is 0.0746 e. The van der Waals surface area contributed by atoms with Crippen molar-refractivity contribution in [1.82, 2.24) is 10.3 Å².